The number of aliphatic carboxylic acids is 1. The third kappa shape index (κ3) is 2.25. The molecule has 0 bridgehead atoms. The monoisotopic (exact) mass is 265 g/mol. The van der Waals surface area contributed by atoms with Gasteiger partial charge in [0, 0.05) is 32.1 Å². The van der Waals surface area contributed by atoms with E-state index < -0.39 is 5.97 Å². The summed E-state index contributed by atoms with van der Waals surface area (Å²) in [5.74, 6) is 0.0836. The van der Waals surface area contributed by atoms with E-state index in [4.69, 9.17) is 5.11 Å². The van der Waals surface area contributed by atoms with Crippen molar-refractivity contribution in [1.82, 2.24) is 24.6 Å². The van der Waals surface area contributed by atoms with Crippen LogP contribution in [0.15, 0.2) is 6.33 Å². The maximum atomic E-state index is 12.2. The van der Waals surface area contributed by atoms with E-state index in [-0.39, 0.29) is 18.4 Å². The van der Waals surface area contributed by atoms with Crippen LogP contribution in [0.25, 0.3) is 0 Å². The Labute approximate surface area is 109 Å². The molecule has 1 aromatic rings. The zero-order valence-corrected chi connectivity index (χ0v) is 10.4. The van der Waals surface area contributed by atoms with Crippen LogP contribution in [0.3, 0.4) is 0 Å². The number of carbonyl (C=O) groups excluding carboxylic acids is 1. The topological polar surface area (TPSA) is 91.6 Å². The highest BCUT2D eigenvalue weighted by Gasteiger charge is 2.35. The molecular formula is C11H15N5O3. The van der Waals surface area contributed by atoms with E-state index in [1.807, 2.05) is 4.57 Å². The minimum Gasteiger partial charge on any atom is -0.481 e. The van der Waals surface area contributed by atoms with Gasteiger partial charge in [-0.1, -0.05) is 0 Å². The van der Waals surface area contributed by atoms with Crippen LogP contribution in [0.2, 0.25) is 0 Å². The fourth-order valence-electron chi connectivity index (χ4n) is 2.53. The maximum Gasteiger partial charge on any atom is 0.320 e. The third-order valence-corrected chi connectivity index (χ3v) is 3.60. The third-order valence-electron chi connectivity index (χ3n) is 3.60. The van der Waals surface area contributed by atoms with Gasteiger partial charge < -0.3 is 19.5 Å². The van der Waals surface area contributed by atoms with Crippen LogP contribution < -0.4 is 0 Å². The molecule has 0 atom stereocenters. The maximum absolute atomic E-state index is 12.2. The normalized spacial score (nSPS) is 18.9. The molecule has 3 heterocycles. The van der Waals surface area contributed by atoms with Gasteiger partial charge in [0.2, 0.25) is 0 Å². The smallest absolute Gasteiger partial charge is 0.320 e. The number of carboxylic acids is 1. The molecule has 2 amide bonds. The molecule has 0 aromatic carbocycles. The Balaban J connectivity index is 1.54. The number of amides is 2. The van der Waals surface area contributed by atoms with Gasteiger partial charge >= 0.3 is 12.0 Å². The Morgan fingerprint density at radius 1 is 1.32 bits per heavy atom. The van der Waals surface area contributed by atoms with Crippen molar-refractivity contribution in [2.45, 2.75) is 19.5 Å². The van der Waals surface area contributed by atoms with Crippen molar-refractivity contribution in [3.8, 4) is 0 Å². The lowest BCUT2D eigenvalue weighted by atomic mass is 9.97. The minimum absolute atomic E-state index is 0.0316. The Kier molecular flexibility index (Phi) is 2.84. The second-order valence-corrected chi connectivity index (χ2v) is 5.01. The molecule has 0 aliphatic carbocycles. The summed E-state index contributed by atoms with van der Waals surface area (Å²) < 4.78 is 1.94. The number of fused-ring (bicyclic) bond motifs is 1. The molecule has 0 saturated carbocycles. The number of rotatable bonds is 2. The highest BCUT2D eigenvalue weighted by atomic mass is 16.4. The zero-order chi connectivity index (χ0) is 13.4. The van der Waals surface area contributed by atoms with Crippen LogP contribution >= 0.6 is 0 Å². The van der Waals surface area contributed by atoms with Crippen molar-refractivity contribution < 1.29 is 14.7 Å². The van der Waals surface area contributed by atoms with Crippen molar-refractivity contribution in [2.75, 3.05) is 19.6 Å². The van der Waals surface area contributed by atoms with Crippen molar-refractivity contribution in [3.05, 3.63) is 12.2 Å². The molecule has 3 rings (SSSR count). The quantitative estimate of drug-likeness (QED) is 0.787. The Morgan fingerprint density at radius 2 is 2.11 bits per heavy atom. The van der Waals surface area contributed by atoms with E-state index in [9.17, 15) is 9.59 Å². The summed E-state index contributed by atoms with van der Waals surface area (Å²) in [4.78, 5) is 26.2. The lowest BCUT2D eigenvalue weighted by Crippen LogP contribution is -2.56. The number of hydrogen-bond donors (Lipinski definition) is 1. The molecule has 1 N–H and O–H groups in total. The first kappa shape index (κ1) is 11.9. The van der Waals surface area contributed by atoms with Gasteiger partial charge in [0.15, 0.2) is 5.82 Å². The molecule has 0 radical (unpaired) electrons. The summed E-state index contributed by atoms with van der Waals surface area (Å²) in [6.45, 7) is 2.89. The molecule has 1 saturated heterocycles. The Hall–Kier alpha value is -2.12. The van der Waals surface area contributed by atoms with Crippen molar-refractivity contribution in [1.29, 1.82) is 0 Å². The SMILES string of the molecule is O=C(O)CC1CN(C(=O)N2CCn3cnnc3C2)C1. The van der Waals surface area contributed by atoms with Gasteiger partial charge in [-0.2, -0.15) is 0 Å². The standard InChI is InChI=1S/C11H15N5O3/c17-10(18)3-8-4-16(5-8)11(19)14-1-2-15-7-12-13-9(15)6-14/h7-8H,1-6H2,(H,17,18). The summed E-state index contributed by atoms with van der Waals surface area (Å²) in [7, 11) is 0. The summed E-state index contributed by atoms with van der Waals surface area (Å²) in [5.41, 5.74) is 0. The minimum atomic E-state index is -0.803. The molecule has 102 valence electrons. The number of aromatic nitrogens is 3. The first-order chi connectivity index (χ1) is 9.13. The van der Waals surface area contributed by atoms with Crippen LogP contribution in [0.5, 0.6) is 0 Å². The molecule has 2 aliphatic heterocycles. The average Bonchev–Trinajstić information content (AvgIpc) is 2.79. The number of likely N-dealkylation sites (tertiary alicyclic amines) is 1. The Morgan fingerprint density at radius 3 is 2.84 bits per heavy atom. The Bertz CT molecular complexity index is 508. The molecule has 1 fully saturated rings. The van der Waals surface area contributed by atoms with Crippen molar-refractivity contribution >= 4 is 12.0 Å². The molecule has 8 nitrogen and oxygen atoms in total. The number of carboxylic acid groups (broad SMARTS) is 1. The van der Waals surface area contributed by atoms with Crippen LogP contribution in [-0.4, -0.2) is 61.3 Å². The summed E-state index contributed by atoms with van der Waals surface area (Å²) in [5, 5.41) is 16.5. The molecule has 19 heavy (non-hydrogen) atoms. The summed E-state index contributed by atoms with van der Waals surface area (Å²) in [6, 6.07) is -0.0316. The first-order valence-electron chi connectivity index (χ1n) is 6.26. The number of hydrogen-bond acceptors (Lipinski definition) is 4. The second kappa shape index (κ2) is 4.52. The fraction of sp³-hybridized carbons (Fsp3) is 0.636. The number of carbonyl (C=O) groups is 2. The molecular weight excluding hydrogens is 250 g/mol. The lowest BCUT2D eigenvalue weighted by Gasteiger charge is -2.42. The molecule has 0 spiro atoms. The zero-order valence-electron chi connectivity index (χ0n) is 10.4. The molecule has 8 heteroatoms. The summed E-state index contributed by atoms with van der Waals surface area (Å²) >= 11 is 0. The highest BCUT2D eigenvalue weighted by molar-refractivity contribution is 5.76. The first-order valence-corrected chi connectivity index (χ1v) is 6.26. The van der Waals surface area contributed by atoms with Crippen LogP contribution in [0.1, 0.15) is 12.2 Å². The van der Waals surface area contributed by atoms with Gasteiger partial charge in [-0.05, 0) is 0 Å². The number of urea groups is 1. The summed E-state index contributed by atoms with van der Waals surface area (Å²) in [6.07, 6.45) is 1.81. The second-order valence-electron chi connectivity index (χ2n) is 5.01. The van der Waals surface area contributed by atoms with Crippen molar-refractivity contribution in [3.63, 3.8) is 0 Å². The van der Waals surface area contributed by atoms with E-state index in [1.165, 1.54) is 0 Å². The van der Waals surface area contributed by atoms with E-state index in [2.05, 4.69) is 10.2 Å². The van der Waals surface area contributed by atoms with Gasteiger partial charge in [-0.15, -0.1) is 10.2 Å². The van der Waals surface area contributed by atoms with E-state index >= 15 is 0 Å². The fourth-order valence-corrected chi connectivity index (χ4v) is 2.53. The van der Waals surface area contributed by atoms with Gasteiger partial charge in [-0.25, -0.2) is 4.79 Å². The van der Waals surface area contributed by atoms with Crippen LogP contribution in [-0.2, 0) is 17.9 Å². The highest BCUT2D eigenvalue weighted by Crippen LogP contribution is 2.22. The number of nitrogens with zero attached hydrogens (tertiary/aromatic N) is 5. The average molecular weight is 265 g/mol. The van der Waals surface area contributed by atoms with Gasteiger partial charge in [0.25, 0.3) is 0 Å². The van der Waals surface area contributed by atoms with Gasteiger partial charge in [-0.3, -0.25) is 4.79 Å². The van der Waals surface area contributed by atoms with E-state index in [1.54, 1.807) is 16.1 Å². The molecule has 1 aromatic heterocycles. The predicted octanol–water partition coefficient (Wildman–Crippen LogP) is -0.380. The lowest BCUT2D eigenvalue weighted by molar-refractivity contribution is -0.139. The van der Waals surface area contributed by atoms with E-state index in [0.29, 0.717) is 32.7 Å². The largest absolute Gasteiger partial charge is 0.481 e. The van der Waals surface area contributed by atoms with Gasteiger partial charge in [0.1, 0.15) is 6.33 Å². The van der Waals surface area contributed by atoms with Crippen LogP contribution in [0.4, 0.5) is 4.79 Å². The van der Waals surface area contributed by atoms with Crippen LogP contribution in [0, 0.1) is 5.92 Å². The van der Waals surface area contributed by atoms with Crippen molar-refractivity contribution in [2.24, 2.45) is 5.92 Å². The van der Waals surface area contributed by atoms with E-state index in [0.717, 1.165) is 5.82 Å². The van der Waals surface area contributed by atoms with Gasteiger partial charge in [0.05, 0.1) is 13.0 Å². The predicted molar refractivity (Wildman–Crippen MR) is 63.1 cm³/mol. The molecule has 0 unspecified atom stereocenters. The molecule has 2 aliphatic rings.